The fraction of sp³-hybridized carbons (Fsp3) is 0.440. The van der Waals surface area contributed by atoms with Gasteiger partial charge in [-0.05, 0) is 43.0 Å². The quantitative estimate of drug-likeness (QED) is 0.422. The Morgan fingerprint density at radius 1 is 1.06 bits per heavy atom. The van der Waals surface area contributed by atoms with Crippen molar-refractivity contribution in [2.24, 2.45) is 5.92 Å². The van der Waals surface area contributed by atoms with E-state index < -0.39 is 30.2 Å². The first kappa shape index (κ1) is 25.3. The van der Waals surface area contributed by atoms with Crippen LogP contribution < -0.4 is 20.3 Å². The van der Waals surface area contributed by atoms with Crippen molar-refractivity contribution in [2.45, 2.75) is 52.0 Å². The fourth-order valence-electron chi connectivity index (χ4n) is 4.20. The van der Waals surface area contributed by atoms with E-state index in [1.54, 1.807) is 18.2 Å². The molecule has 0 radical (unpaired) electrons. The van der Waals surface area contributed by atoms with Crippen molar-refractivity contribution >= 4 is 29.1 Å². The molecule has 2 aromatic rings. The molecule has 34 heavy (non-hydrogen) atoms. The van der Waals surface area contributed by atoms with E-state index in [9.17, 15) is 18.4 Å². The van der Waals surface area contributed by atoms with E-state index in [4.69, 9.17) is 9.84 Å². The molecule has 2 aromatic carbocycles. The van der Waals surface area contributed by atoms with Crippen molar-refractivity contribution in [2.75, 3.05) is 28.7 Å². The molecule has 1 aliphatic carbocycles. The molecule has 3 rings (SSSR count). The van der Waals surface area contributed by atoms with Gasteiger partial charge >= 0.3 is 12.0 Å². The van der Waals surface area contributed by atoms with Gasteiger partial charge in [0.25, 0.3) is 0 Å². The monoisotopic (exact) mass is 475 g/mol. The van der Waals surface area contributed by atoms with Crippen LogP contribution in [0.5, 0.6) is 5.75 Å². The number of rotatable bonds is 9. The topological polar surface area (TPSA) is 90.9 Å². The summed E-state index contributed by atoms with van der Waals surface area (Å²) in [6.45, 7) is 4.46. The molecule has 0 aliphatic heterocycles. The van der Waals surface area contributed by atoms with Gasteiger partial charge in [0.1, 0.15) is 17.4 Å². The molecule has 0 saturated heterocycles. The number of hydrogen-bond donors (Lipinski definition) is 3. The van der Waals surface area contributed by atoms with Gasteiger partial charge in [-0.25, -0.2) is 18.4 Å². The molecule has 7 nitrogen and oxygen atoms in total. The van der Waals surface area contributed by atoms with Crippen LogP contribution in [0.3, 0.4) is 0 Å². The van der Waals surface area contributed by atoms with Crippen LogP contribution in [-0.4, -0.2) is 36.3 Å². The summed E-state index contributed by atoms with van der Waals surface area (Å²) in [5.41, 5.74) is 0.866. The standard InChI is InChI=1S/C25H31F2N3O4/c1-16(2)14-30(18-6-4-3-5-7-18)23-11-9-19(34-15-24(31)32)13-22(23)29-25(33)28-21-12-17(26)8-10-20(21)27/h8-13,16,18H,3-7,14-15H2,1-2H3,(H,31,32)(H2,28,29,33). The molecule has 1 aliphatic rings. The minimum Gasteiger partial charge on any atom is -0.482 e. The molecular weight excluding hydrogens is 444 g/mol. The van der Waals surface area contributed by atoms with Crippen LogP contribution >= 0.6 is 0 Å². The molecule has 184 valence electrons. The molecule has 0 spiro atoms. The predicted octanol–water partition coefficient (Wildman–Crippen LogP) is 5.87. The van der Waals surface area contributed by atoms with Gasteiger partial charge in [0.05, 0.1) is 17.1 Å². The number of nitrogens with zero attached hydrogens (tertiary/aromatic N) is 1. The minimum atomic E-state index is -1.12. The Kier molecular flexibility index (Phi) is 8.67. The summed E-state index contributed by atoms with van der Waals surface area (Å²) in [7, 11) is 0. The number of carboxylic acid groups (broad SMARTS) is 1. The van der Waals surface area contributed by atoms with Crippen molar-refractivity contribution in [3.63, 3.8) is 0 Å². The van der Waals surface area contributed by atoms with Gasteiger partial charge < -0.3 is 25.4 Å². The Morgan fingerprint density at radius 3 is 2.44 bits per heavy atom. The maximum atomic E-state index is 14.0. The van der Waals surface area contributed by atoms with Gasteiger partial charge in [-0.2, -0.15) is 0 Å². The third kappa shape index (κ3) is 7.07. The van der Waals surface area contributed by atoms with E-state index in [2.05, 4.69) is 29.4 Å². The average molecular weight is 476 g/mol. The third-order valence-corrected chi connectivity index (χ3v) is 5.64. The summed E-state index contributed by atoms with van der Waals surface area (Å²) in [4.78, 5) is 25.9. The molecule has 1 saturated carbocycles. The van der Waals surface area contributed by atoms with Gasteiger partial charge in [0.15, 0.2) is 6.61 Å². The van der Waals surface area contributed by atoms with Crippen molar-refractivity contribution in [3.8, 4) is 5.75 Å². The average Bonchev–Trinajstić information content (AvgIpc) is 2.79. The number of aliphatic carboxylic acids is 1. The molecule has 9 heteroatoms. The highest BCUT2D eigenvalue weighted by Gasteiger charge is 2.25. The van der Waals surface area contributed by atoms with Crippen LogP contribution in [0.15, 0.2) is 36.4 Å². The van der Waals surface area contributed by atoms with Crippen LogP contribution in [0.2, 0.25) is 0 Å². The number of carbonyl (C=O) groups excluding carboxylic acids is 1. The number of ether oxygens (including phenoxy) is 1. The lowest BCUT2D eigenvalue weighted by molar-refractivity contribution is -0.139. The highest BCUT2D eigenvalue weighted by Crippen LogP contribution is 2.36. The lowest BCUT2D eigenvalue weighted by Gasteiger charge is -2.38. The first-order valence-electron chi connectivity index (χ1n) is 11.5. The second-order valence-electron chi connectivity index (χ2n) is 8.90. The van der Waals surface area contributed by atoms with Crippen molar-refractivity contribution in [1.29, 1.82) is 0 Å². The zero-order valence-corrected chi connectivity index (χ0v) is 19.4. The van der Waals surface area contributed by atoms with E-state index in [1.807, 2.05) is 0 Å². The Morgan fingerprint density at radius 2 is 1.76 bits per heavy atom. The Labute approximate surface area is 198 Å². The number of carboxylic acids is 1. The van der Waals surface area contributed by atoms with Crippen LogP contribution in [0.1, 0.15) is 46.0 Å². The van der Waals surface area contributed by atoms with Gasteiger partial charge in [-0.3, -0.25) is 0 Å². The summed E-state index contributed by atoms with van der Waals surface area (Å²) in [5.74, 6) is -1.94. The highest BCUT2D eigenvalue weighted by molar-refractivity contribution is 6.02. The molecular formula is C25H31F2N3O4. The largest absolute Gasteiger partial charge is 0.482 e. The molecule has 1 fully saturated rings. The van der Waals surface area contributed by atoms with Gasteiger partial charge in [-0.15, -0.1) is 0 Å². The van der Waals surface area contributed by atoms with Gasteiger partial charge in [-0.1, -0.05) is 33.1 Å². The van der Waals surface area contributed by atoms with Crippen LogP contribution in [0, 0.1) is 17.6 Å². The summed E-state index contributed by atoms with van der Waals surface area (Å²) < 4.78 is 32.8. The summed E-state index contributed by atoms with van der Waals surface area (Å²) >= 11 is 0. The number of amides is 2. The van der Waals surface area contributed by atoms with E-state index in [0.717, 1.165) is 56.1 Å². The number of urea groups is 1. The summed E-state index contributed by atoms with van der Waals surface area (Å²) in [5, 5.41) is 14.0. The first-order valence-corrected chi connectivity index (χ1v) is 11.5. The zero-order chi connectivity index (χ0) is 24.7. The summed E-state index contributed by atoms with van der Waals surface area (Å²) in [6.07, 6.45) is 5.51. The maximum Gasteiger partial charge on any atom is 0.341 e. The molecule has 3 N–H and O–H groups in total. The second kappa shape index (κ2) is 11.7. The number of benzene rings is 2. The SMILES string of the molecule is CC(C)CN(c1ccc(OCC(=O)O)cc1NC(=O)Nc1cc(F)ccc1F)C1CCCCC1. The predicted molar refractivity (Wildman–Crippen MR) is 128 cm³/mol. The molecule has 0 unspecified atom stereocenters. The van der Waals surface area contributed by atoms with E-state index >= 15 is 0 Å². The van der Waals surface area contributed by atoms with Crippen LogP contribution in [-0.2, 0) is 4.79 Å². The van der Waals surface area contributed by atoms with Crippen LogP contribution in [0.4, 0.5) is 30.6 Å². The van der Waals surface area contributed by atoms with E-state index in [1.165, 1.54) is 6.42 Å². The molecule has 0 aromatic heterocycles. The minimum absolute atomic E-state index is 0.270. The summed E-state index contributed by atoms with van der Waals surface area (Å²) in [6, 6.07) is 7.36. The van der Waals surface area contributed by atoms with E-state index in [-0.39, 0.29) is 11.4 Å². The van der Waals surface area contributed by atoms with E-state index in [0.29, 0.717) is 17.6 Å². The maximum absolute atomic E-state index is 14.0. The van der Waals surface area contributed by atoms with Gasteiger partial charge in [0, 0.05) is 24.7 Å². The molecule has 0 heterocycles. The molecule has 0 bridgehead atoms. The van der Waals surface area contributed by atoms with Crippen molar-refractivity contribution in [1.82, 2.24) is 0 Å². The number of nitrogens with one attached hydrogen (secondary N) is 2. The zero-order valence-electron chi connectivity index (χ0n) is 19.4. The fourth-order valence-corrected chi connectivity index (χ4v) is 4.20. The third-order valence-electron chi connectivity index (χ3n) is 5.64. The van der Waals surface area contributed by atoms with Crippen LogP contribution in [0.25, 0.3) is 0 Å². The van der Waals surface area contributed by atoms with Crippen molar-refractivity contribution in [3.05, 3.63) is 48.0 Å². The Bertz CT molecular complexity index is 1010. The lowest BCUT2D eigenvalue weighted by atomic mass is 9.93. The number of carbonyl (C=O) groups is 2. The normalized spacial score (nSPS) is 14.0. The molecule has 0 atom stereocenters. The lowest BCUT2D eigenvalue weighted by Crippen LogP contribution is -2.40. The van der Waals surface area contributed by atoms with Gasteiger partial charge in [0.2, 0.25) is 0 Å². The Balaban J connectivity index is 1.91. The first-order chi connectivity index (χ1) is 16.2. The smallest absolute Gasteiger partial charge is 0.341 e. The second-order valence-corrected chi connectivity index (χ2v) is 8.90. The Hall–Kier alpha value is -3.36. The molecule has 2 amide bonds. The number of halogens is 2. The van der Waals surface area contributed by atoms with Crippen molar-refractivity contribution < 1.29 is 28.2 Å². The highest BCUT2D eigenvalue weighted by atomic mass is 19.1. The number of hydrogen-bond acceptors (Lipinski definition) is 4. The number of anilines is 3.